The van der Waals surface area contributed by atoms with Crippen LogP contribution in [0.15, 0.2) is 23.6 Å². The van der Waals surface area contributed by atoms with Gasteiger partial charge >= 0.3 is 0 Å². The molecule has 8 nitrogen and oxygen atoms in total. The summed E-state index contributed by atoms with van der Waals surface area (Å²) >= 11 is 1.33. The van der Waals surface area contributed by atoms with E-state index in [1.54, 1.807) is 17.5 Å². The van der Waals surface area contributed by atoms with Gasteiger partial charge in [-0.05, 0) is 41.5 Å². The lowest BCUT2D eigenvalue weighted by atomic mass is 9.83. The summed E-state index contributed by atoms with van der Waals surface area (Å²) in [5.41, 5.74) is 3.58. The van der Waals surface area contributed by atoms with Crippen molar-refractivity contribution in [1.29, 1.82) is 0 Å². The molecule has 2 aliphatic heterocycles. The molecule has 0 aliphatic carbocycles. The molecule has 4 rings (SSSR count). The number of carbonyl (C=O) groups is 5. The number of nitrogens with zero attached hydrogens (tertiary/aromatic N) is 1. The summed E-state index contributed by atoms with van der Waals surface area (Å²) in [6.45, 7) is 8.55. The summed E-state index contributed by atoms with van der Waals surface area (Å²) in [6, 6.07) is 4.61. The van der Waals surface area contributed by atoms with Gasteiger partial charge in [0.1, 0.15) is 6.04 Å². The van der Waals surface area contributed by atoms with Crippen molar-refractivity contribution in [2.75, 3.05) is 0 Å². The Balaban J connectivity index is 1.42. The smallest absolute Gasteiger partial charge is 0.292 e. The maximum Gasteiger partial charge on any atom is 0.292 e. The Kier molecular flexibility index (Phi) is 6.16. The molecule has 1 aromatic heterocycles. The highest BCUT2D eigenvalue weighted by molar-refractivity contribution is 7.10. The van der Waals surface area contributed by atoms with Gasteiger partial charge in [-0.15, -0.1) is 11.3 Å². The van der Waals surface area contributed by atoms with Crippen molar-refractivity contribution in [2.24, 2.45) is 0 Å². The van der Waals surface area contributed by atoms with Gasteiger partial charge in [0.05, 0.1) is 12.1 Å². The molecular weight excluding hydrogens is 454 g/mol. The van der Waals surface area contributed by atoms with Gasteiger partial charge in [0.15, 0.2) is 0 Å². The van der Waals surface area contributed by atoms with Gasteiger partial charge in [-0.25, -0.2) is 0 Å². The number of hydrogen-bond acceptors (Lipinski definition) is 6. The first-order chi connectivity index (χ1) is 16.0. The molecule has 0 bridgehead atoms. The zero-order valence-electron chi connectivity index (χ0n) is 19.6. The van der Waals surface area contributed by atoms with Crippen molar-refractivity contribution in [3.05, 3.63) is 56.3 Å². The van der Waals surface area contributed by atoms with Crippen LogP contribution in [0.3, 0.4) is 0 Å². The number of carbonyl (C=O) groups excluding carboxylic acids is 5. The Morgan fingerprint density at radius 1 is 1.21 bits per heavy atom. The van der Waals surface area contributed by atoms with Gasteiger partial charge in [0.25, 0.3) is 11.8 Å². The summed E-state index contributed by atoms with van der Waals surface area (Å²) in [5, 5.41) is 6.66. The van der Waals surface area contributed by atoms with Crippen molar-refractivity contribution in [1.82, 2.24) is 15.5 Å². The first-order valence-electron chi connectivity index (χ1n) is 11.1. The molecular formula is C25H27N3O5S. The van der Waals surface area contributed by atoms with Gasteiger partial charge in [-0.1, -0.05) is 32.9 Å². The number of benzene rings is 1. The van der Waals surface area contributed by atoms with E-state index in [-0.39, 0.29) is 43.2 Å². The van der Waals surface area contributed by atoms with Crippen LogP contribution in [0.1, 0.15) is 75.9 Å². The van der Waals surface area contributed by atoms with Crippen molar-refractivity contribution in [3.8, 4) is 0 Å². The summed E-state index contributed by atoms with van der Waals surface area (Å²) in [6.07, 6.45) is 0.479. The molecule has 4 amide bonds. The molecule has 9 heteroatoms. The number of amides is 4. The summed E-state index contributed by atoms with van der Waals surface area (Å²) in [5.74, 6) is -2.39. The number of nitrogens with one attached hydrogen (secondary N) is 2. The van der Waals surface area contributed by atoms with Crippen LogP contribution in [0.25, 0.3) is 0 Å². The SMILES string of the molecule is Cc1cc(C(=O)C(=O)NCc2scc3c2CN(C2CCC(=O)NC2=O)C3=O)ccc1C(C)(C)C. The molecule has 2 aromatic rings. The van der Waals surface area contributed by atoms with E-state index in [9.17, 15) is 24.0 Å². The highest BCUT2D eigenvalue weighted by atomic mass is 32.1. The molecule has 2 aliphatic rings. The van der Waals surface area contributed by atoms with E-state index in [1.165, 1.54) is 16.2 Å². The first kappa shape index (κ1) is 23.8. The number of imide groups is 1. The quantitative estimate of drug-likeness (QED) is 0.387. The minimum absolute atomic E-state index is 0.0629. The van der Waals surface area contributed by atoms with Crippen molar-refractivity contribution in [3.63, 3.8) is 0 Å². The summed E-state index contributed by atoms with van der Waals surface area (Å²) in [7, 11) is 0. The molecule has 3 heterocycles. The van der Waals surface area contributed by atoms with Gasteiger partial charge in [0.2, 0.25) is 17.6 Å². The molecule has 1 unspecified atom stereocenters. The van der Waals surface area contributed by atoms with E-state index in [2.05, 4.69) is 31.4 Å². The van der Waals surface area contributed by atoms with Crippen LogP contribution in [0.4, 0.5) is 0 Å². The highest BCUT2D eigenvalue weighted by Crippen LogP contribution is 2.33. The lowest BCUT2D eigenvalue weighted by Gasteiger charge is -2.29. The topological polar surface area (TPSA) is 113 Å². The predicted molar refractivity (Wildman–Crippen MR) is 126 cm³/mol. The van der Waals surface area contributed by atoms with Crippen LogP contribution >= 0.6 is 11.3 Å². The molecule has 1 fully saturated rings. The molecule has 178 valence electrons. The van der Waals surface area contributed by atoms with Gasteiger partial charge in [0, 0.05) is 28.8 Å². The van der Waals surface area contributed by atoms with Crippen LogP contribution < -0.4 is 10.6 Å². The second kappa shape index (κ2) is 8.79. The number of fused-ring (bicyclic) bond motifs is 1. The normalized spacial score (nSPS) is 18.1. The van der Waals surface area contributed by atoms with Crippen molar-refractivity contribution in [2.45, 2.75) is 65.1 Å². The van der Waals surface area contributed by atoms with E-state index in [1.807, 2.05) is 13.0 Å². The van der Waals surface area contributed by atoms with E-state index in [0.717, 1.165) is 21.6 Å². The Hall–Kier alpha value is -3.33. The lowest BCUT2D eigenvalue weighted by molar-refractivity contribution is -0.136. The third kappa shape index (κ3) is 4.40. The lowest BCUT2D eigenvalue weighted by Crippen LogP contribution is -2.52. The summed E-state index contributed by atoms with van der Waals surface area (Å²) in [4.78, 5) is 63.9. The number of rotatable bonds is 5. The zero-order valence-corrected chi connectivity index (χ0v) is 20.4. The van der Waals surface area contributed by atoms with Crippen LogP contribution in [0, 0.1) is 6.92 Å². The van der Waals surface area contributed by atoms with Crippen LogP contribution in [-0.4, -0.2) is 40.4 Å². The zero-order chi connectivity index (χ0) is 24.8. The average Bonchev–Trinajstić information content (AvgIpc) is 3.30. The molecule has 1 aromatic carbocycles. The minimum atomic E-state index is -0.712. The summed E-state index contributed by atoms with van der Waals surface area (Å²) < 4.78 is 0. The number of thiophene rings is 1. The Bertz CT molecular complexity index is 1220. The molecule has 0 saturated carbocycles. The number of aryl methyl sites for hydroxylation is 1. The van der Waals surface area contributed by atoms with Crippen molar-refractivity contribution < 1.29 is 24.0 Å². The van der Waals surface area contributed by atoms with E-state index < -0.39 is 23.6 Å². The number of piperidine rings is 1. The van der Waals surface area contributed by atoms with Crippen LogP contribution in [0.5, 0.6) is 0 Å². The highest BCUT2D eigenvalue weighted by Gasteiger charge is 2.40. The third-order valence-electron chi connectivity index (χ3n) is 6.30. The number of hydrogen-bond donors (Lipinski definition) is 2. The van der Waals surface area contributed by atoms with Crippen molar-refractivity contribution >= 4 is 40.7 Å². The molecule has 0 radical (unpaired) electrons. The predicted octanol–water partition coefficient (Wildman–Crippen LogP) is 2.61. The van der Waals surface area contributed by atoms with Gasteiger partial charge in [-0.3, -0.25) is 29.3 Å². The standard InChI is InChI=1S/C25H27N3O5S/c1-13-9-14(5-6-17(13)25(2,3)4)21(30)23(32)26-10-19-15-11-28(24(33)16(15)12-34-19)18-7-8-20(29)27-22(18)31/h5-6,9,12,18H,7-8,10-11H2,1-4H3,(H,26,32)(H,27,29,31). The monoisotopic (exact) mass is 481 g/mol. The molecule has 2 N–H and O–H groups in total. The van der Waals surface area contributed by atoms with E-state index in [4.69, 9.17) is 0 Å². The van der Waals surface area contributed by atoms with E-state index in [0.29, 0.717) is 11.1 Å². The number of ketones is 1. The molecule has 34 heavy (non-hydrogen) atoms. The molecule has 1 atom stereocenters. The second-order valence-electron chi connectivity index (χ2n) is 9.74. The van der Waals surface area contributed by atoms with Gasteiger partial charge in [-0.2, -0.15) is 0 Å². The van der Waals surface area contributed by atoms with Gasteiger partial charge < -0.3 is 10.2 Å². The molecule has 1 saturated heterocycles. The largest absolute Gasteiger partial charge is 0.344 e. The third-order valence-corrected chi connectivity index (χ3v) is 7.33. The first-order valence-corrected chi connectivity index (χ1v) is 12.0. The van der Waals surface area contributed by atoms with Crippen LogP contribution in [0.2, 0.25) is 0 Å². The van der Waals surface area contributed by atoms with E-state index >= 15 is 0 Å². The minimum Gasteiger partial charge on any atom is -0.344 e. The maximum atomic E-state index is 12.8. The Labute approximate surface area is 201 Å². The fourth-order valence-corrected chi connectivity index (χ4v) is 5.55. The Morgan fingerprint density at radius 3 is 2.59 bits per heavy atom. The number of Topliss-reactive ketones (excluding diaryl/α,β-unsaturated/α-hetero) is 1. The average molecular weight is 482 g/mol. The Morgan fingerprint density at radius 2 is 1.94 bits per heavy atom. The fraction of sp³-hybridized carbons (Fsp3) is 0.400. The molecule has 0 spiro atoms. The van der Waals surface area contributed by atoms with Crippen LogP contribution in [-0.2, 0) is 32.9 Å². The maximum absolute atomic E-state index is 12.8. The fourth-order valence-electron chi connectivity index (χ4n) is 4.57. The second-order valence-corrected chi connectivity index (χ2v) is 10.7.